The minimum atomic E-state index is -3.63. The first kappa shape index (κ1) is 24.5. The Labute approximate surface area is 193 Å². The molecule has 0 spiro atoms. The van der Waals surface area contributed by atoms with Crippen LogP contribution < -0.4 is 4.31 Å². The molecule has 8 nitrogen and oxygen atoms in total. The van der Waals surface area contributed by atoms with Crippen molar-refractivity contribution < 1.29 is 17.6 Å². The Hall–Kier alpha value is -2.14. The molecule has 1 aliphatic rings. The van der Waals surface area contributed by atoms with E-state index in [1.807, 2.05) is 11.8 Å². The monoisotopic (exact) mass is 483 g/mol. The summed E-state index contributed by atoms with van der Waals surface area (Å²) < 4.78 is 41.0. The van der Waals surface area contributed by atoms with Crippen molar-refractivity contribution in [3.05, 3.63) is 35.9 Å². The van der Waals surface area contributed by atoms with Crippen molar-refractivity contribution in [2.24, 2.45) is 11.8 Å². The summed E-state index contributed by atoms with van der Waals surface area (Å²) in [7, 11) is -3.63. The number of nitrogens with zero attached hydrogens (tertiary/aromatic N) is 5. The fourth-order valence-electron chi connectivity index (χ4n) is 4.08. The molecule has 3 rings (SSSR count). The van der Waals surface area contributed by atoms with E-state index >= 15 is 0 Å². The lowest BCUT2D eigenvalue weighted by Gasteiger charge is -2.34. The topological polar surface area (TPSA) is 88.4 Å². The summed E-state index contributed by atoms with van der Waals surface area (Å²) in [6.07, 6.45) is 2.23. The molecule has 1 saturated heterocycles. The molecular weight excluding hydrogens is 453 g/mol. The van der Waals surface area contributed by atoms with Gasteiger partial charge in [-0.15, -0.1) is 10.2 Å². The van der Waals surface area contributed by atoms with Gasteiger partial charge >= 0.3 is 0 Å². The Kier molecular flexibility index (Phi) is 7.81. The summed E-state index contributed by atoms with van der Waals surface area (Å²) in [6.45, 7) is 8.27. The first-order valence-corrected chi connectivity index (χ1v) is 13.5. The fourth-order valence-corrected chi connectivity index (χ4v) is 5.86. The first-order valence-electron chi connectivity index (χ1n) is 10.6. The van der Waals surface area contributed by atoms with Gasteiger partial charge in [-0.25, -0.2) is 12.8 Å². The van der Waals surface area contributed by atoms with E-state index in [1.54, 1.807) is 4.57 Å². The molecular formula is C21H30FN5O3S2. The Morgan fingerprint density at radius 2 is 1.81 bits per heavy atom. The van der Waals surface area contributed by atoms with Crippen LogP contribution in [0.4, 0.5) is 10.1 Å². The van der Waals surface area contributed by atoms with E-state index in [2.05, 4.69) is 24.0 Å². The highest BCUT2D eigenvalue weighted by Gasteiger charge is 2.26. The molecule has 0 radical (unpaired) electrons. The number of rotatable bonds is 8. The van der Waals surface area contributed by atoms with Crippen LogP contribution in [0.25, 0.3) is 0 Å². The van der Waals surface area contributed by atoms with Gasteiger partial charge in [0.15, 0.2) is 11.0 Å². The van der Waals surface area contributed by atoms with Crippen LogP contribution in [0.15, 0.2) is 29.4 Å². The van der Waals surface area contributed by atoms with Crippen LogP contribution in [-0.4, -0.2) is 59.1 Å². The number of amides is 1. The van der Waals surface area contributed by atoms with Crippen LogP contribution >= 0.6 is 11.8 Å². The number of aromatic nitrogens is 3. The predicted molar refractivity (Wildman–Crippen MR) is 123 cm³/mol. The highest BCUT2D eigenvalue weighted by molar-refractivity contribution is 7.99. The van der Waals surface area contributed by atoms with E-state index in [4.69, 9.17) is 0 Å². The zero-order valence-electron chi connectivity index (χ0n) is 18.9. The number of piperidine rings is 1. The van der Waals surface area contributed by atoms with E-state index in [1.165, 1.54) is 40.3 Å². The van der Waals surface area contributed by atoms with E-state index in [-0.39, 0.29) is 18.2 Å². The normalized spacial score (nSPS) is 19.2. The number of halogens is 1. The van der Waals surface area contributed by atoms with Gasteiger partial charge in [0.05, 0.1) is 24.2 Å². The summed E-state index contributed by atoms with van der Waals surface area (Å²) in [5, 5.41) is 8.96. The van der Waals surface area contributed by atoms with E-state index in [9.17, 15) is 17.6 Å². The molecule has 0 aliphatic carbocycles. The first-order chi connectivity index (χ1) is 15.1. The highest BCUT2D eigenvalue weighted by atomic mass is 32.2. The van der Waals surface area contributed by atoms with Gasteiger partial charge in [-0.05, 0) is 49.4 Å². The van der Waals surface area contributed by atoms with Crippen LogP contribution in [0, 0.1) is 17.7 Å². The molecule has 176 valence electrons. The summed E-state index contributed by atoms with van der Waals surface area (Å²) >= 11 is 1.31. The molecule has 1 fully saturated rings. The second kappa shape index (κ2) is 10.2. The maximum atomic E-state index is 13.3. The van der Waals surface area contributed by atoms with Crippen molar-refractivity contribution in [1.82, 2.24) is 19.7 Å². The third-order valence-electron chi connectivity index (χ3n) is 5.46. The van der Waals surface area contributed by atoms with Crippen LogP contribution in [0.5, 0.6) is 0 Å². The molecule has 2 aromatic rings. The zero-order valence-corrected chi connectivity index (χ0v) is 20.5. The Morgan fingerprint density at radius 1 is 1.19 bits per heavy atom. The second-order valence-electron chi connectivity index (χ2n) is 8.42. The van der Waals surface area contributed by atoms with Crippen LogP contribution in [-0.2, 0) is 27.9 Å². The van der Waals surface area contributed by atoms with Gasteiger partial charge in [-0.3, -0.25) is 9.10 Å². The van der Waals surface area contributed by atoms with Crippen molar-refractivity contribution in [3.8, 4) is 0 Å². The van der Waals surface area contributed by atoms with Gasteiger partial charge < -0.3 is 9.47 Å². The van der Waals surface area contributed by atoms with E-state index < -0.39 is 15.8 Å². The number of thioether (sulfide) groups is 1. The summed E-state index contributed by atoms with van der Waals surface area (Å²) in [5.74, 6) is 1.33. The fraction of sp³-hybridized carbons (Fsp3) is 0.571. The number of hydrogen-bond donors (Lipinski definition) is 0. The quantitative estimate of drug-likeness (QED) is 0.537. The maximum Gasteiger partial charge on any atom is 0.233 e. The molecule has 11 heteroatoms. The highest BCUT2D eigenvalue weighted by Crippen LogP contribution is 2.25. The average molecular weight is 484 g/mol. The molecule has 2 unspecified atom stereocenters. The number of sulfonamides is 1. The van der Waals surface area contributed by atoms with Gasteiger partial charge in [-0.1, -0.05) is 25.6 Å². The largest absolute Gasteiger partial charge is 0.341 e. The van der Waals surface area contributed by atoms with Crippen LogP contribution in [0.1, 0.15) is 33.0 Å². The minimum absolute atomic E-state index is 0.0407. The lowest BCUT2D eigenvalue weighted by Crippen LogP contribution is -2.43. The molecule has 32 heavy (non-hydrogen) atoms. The minimum Gasteiger partial charge on any atom is -0.341 e. The van der Waals surface area contributed by atoms with Gasteiger partial charge in [-0.2, -0.15) is 0 Å². The maximum absolute atomic E-state index is 13.3. The smallest absolute Gasteiger partial charge is 0.233 e. The van der Waals surface area contributed by atoms with Gasteiger partial charge in [0.1, 0.15) is 5.82 Å². The number of anilines is 1. The molecule has 1 amide bonds. The standard InChI is InChI=1S/C21H30FN5O3S2/c1-5-26-19(13-27(32(4,29)30)18-8-6-17(22)7-9-18)23-24-21(26)31-14-20(28)25-11-15(2)10-16(3)12-25/h6-9,15-16H,5,10-14H2,1-4H3. The van der Waals surface area contributed by atoms with Gasteiger partial charge in [0.2, 0.25) is 15.9 Å². The molecule has 1 aromatic carbocycles. The van der Waals surface area contributed by atoms with Crippen molar-refractivity contribution in [3.63, 3.8) is 0 Å². The Bertz CT molecular complexity index is 1030. The second-order valence-corrected chi connectivity index (χ2v) is 11.3. The Morgan fingerprint density at radius 3 is 2.38 bits per heavy atom. The Balaban J connectivity index is 1.73. The molecule has 2 atom stereocenters. The molecule has 1 aliphatic heterocycles. The van der Waals surface area contributed by atoms with Crippen molar-refractivity contribution in [1.29, 1.82) is 0 Å². The lowest BCUT2D eigenvalue weighted by atomic mass is 9.92. The number of benzene rings is 1. The lowest BCUT2D eigenvalue weighted by molar-refractivity contribution is -0.130. The average Bonchev–Trinajstić information content (AvgIpc) is 3.11. The van der Waals surface area contributed by atoms with E-state index in [0.29, 0.717) is 35.0 Å². The number of hydrogen-bond acceptors (Lipinski definition) is 6. The summed E-state index contributed by atoms with van der Waals surface area (Å²) in [6, 6.07) is 5.26. The molecule has 0 N–H and O–H groups in total. The molecule has 2 heterocycles. The number of carbonyl (C=O) groups excluding carboxylic acids is 1. The van der Waals surface area contributed by atoms with Crippen molar-refractivity contribution >= 4 is 33.4 Å². The van der Waals surface area contributed by atoms with Crippen molar-refractivity contribution in [2.45, 2.75) is 45.4 Å². The number of carbonyl (C=O) groups is 1. The number of likely N-dealkylation sites (tertiary alicyclic amines) is 1. The SMILES string of the molecule is CCn1c(CN(c2ccc(F)cc2)S(C)(=O)=O)nnc1SCC(=O)N1CC(C)CC(C)C1. The van der Waals surface area contributed by atoms with Crippen LogP contribution in [0.2, 0.25) is 0 Å². The van der Waals surface area contributed by atoms with Gasteiger partial charge in [0.25, 0.3) is 0 Å². The van der Waals surface area contributed by atoms with Crippen LogP contribution in [0.3, 0.4) is 0 Å². The summed E-state index contributed by atoms with van der Waals surface area (Å²) in [5.41, 5.74) is 0.345. The zero-order chi connectivity index (χ0) is 23.5. The molecule has 1 aromatic heterocycles. The van der Waals surface area contributed by atoms with Crippen molar-refractivity contribution in [2.75, 3.05) is 29.4 Å². The third-order valence-corrected chi connectivity index (χ3v) is 7.55. The molecule has 0 bridgehead atoms. The third kappa shape index (κ3) is 6.00. The summed E-state index contributed by atoms with van der Waals surface area (Å²) in [4.78, 5) is 14.6. The van der Waals surface area contributed by atoms with E-state index in [0.717, 1.165) is 25.8 Å². The molecule has 0 saturated carbocycles. The van der Waals surface area contributed by atoms with Gasteiger partial charge in [0, 0.05) is 19.6 Å². The predicted octanol–water partition coefficient (Wildman–Crippen LogP) is 3.00.